The van der Waals surface area contributed by atoms with Gasteiger partial charge in [0.2, 0.25) is 0 Å². The maximum atomic E-state index is 11.4. The van der Waals surface area contributed by atoms with Crippen molar-refractivity contribution in [1.29, 1.82) is 0 Å². The Labute approximate surface area is 115 Å². The number of hydrogen-bond donors (Lipinski definition) is 2. The van der Waals surface area contributed by atoms with E-state index >= 15 is 0 Å². The first kappa shape index (κ1) is 13.8. The van der Waals surface area contributed by atoms with Gasteiger partial charge in [-0.3, -0.25) is 0 Å². The van der Waals surface area contributed by atoms with Gasteiger partial charge in [-0.2, -0.15) is 0 Å². The van der Waals surface area contributed by atoms with Gasteiger partial charge in [0.15, 0.2) is 9.84 Å². The van der Waals surface area contributed by atoms with E-state index in [0.717, 1.165) is 10.2 Å². The Morgan fingerprint density at radius 3 is 2.56 bits per heavy atom. The third-order valence-corrected chi connectivity index (χ3v) is 5.47. The molecule has 1 aliphatic heterocycles. The number of benzene rings is 1. The van der Waals surface area contributed by atoms with Gasteiger partial charge in [0.25, 0.3) is 0 Å². The van der Waals surface area contributed by atoms with Gasteiger partial charge in [-0.1, -0.05) is 22.0 Å². The summed E-state index contributed by atoms with van der Waals surface area (Å²) in [5.74, 6) is 0.267. The summed E-state index contributed by atoms with van der Waals surface area (Å²) in [6.45, 7) is -0.0605. The van der Waals surface area contributed by atoms with Crippen LogP contribution in [-0.4, -0.2) is 37.2 Å². The fourth-order valence-corrected chi connectivity index (χ4v) is 4.13. The molecule has 2 N–H and O–H groups in total. The SMILES string of the molecule is O=S1(=O)CCC(CO)(Nc2cccc(Br)c2)CC1. The molecular formula is C12H16BrNO3S. The molecular weight excluding hydrogens is 318 g/mol. The lowest BCUT2D eigenvalue weighted by Gasteiger charge is -2.37. The van der Waals surface area contributed by atoms with E-state index in [2.05, 4.69) is 21.2 Å². The van der Waals surface area contributed by atoms with Crippen LogP contribution < -0.4 is 5.32 Å². The summed E-state index contributed by atoms with van der Waals surface area (Å²) in [6, 6.07) is 7.64. The zero-order chi connectivity index (χ0) is 13.2. The second-order valence-corrected chi connectivity index (χ2v) is 7.94. The highest BCUT2D eigenvalue weighted by Gasteiger charge is 2.36. The number of aliphatic hydroxyl groups is 1. The van der Waals surface area contributed by atoms with Crippen LogP contribution in [0.25, 0.3) is 0 Å². The van der Waals surface area contributed by atoms with Crippen molar-refractivity contribution in [2.24, 2.45) is 0 Å². The first-order valence-corrected chi connectivity index (χ1v) is 8.41. The third-order valence-electron chi connectivity index (χ3n) is 3.32. The summed E-state index contributed by atoms with van der Waals surface area (Å²) >= 11 is 3.39. The van der Waals surface area contributed by atoms with Crippen LogP contribution in [0.1, 0.15) is 12.8 Å². The Balaban J connectivity index is 2.15. The lowest BCUT2D eigenvalue weighted by Crippen LogP contribution is -2.48. The number of sulfone groups is 1. The molecule has 1 fully saturated rings. The molecule has 1 aromatic rings. The summed E-state index contributed by atoms with van der Waals surface area (Å²) in [5, 5.41) is 12.9. The minimum absolute atomic E-state index is 0.0605. The van der Waals surface area contributed by atoms with Gasteiger partial charge in [0.1, 0.15) is 0 Å². The Kier molecular flexibility index (Phi) is 3.99. The van der Waals surface area contributed by atoms with Crippen molar-refractivity contribution in [2.75, 3.05) is 23.4 Å². The molecule has 1 aromatic carbocycles. The van der Waals surface area contributed by atoms with Gasteiger partial charge in [-0.25, -0.2) is 8.42 Å². The molecule has 100 valence electrons. The highest BCUT2D eigenvalue weighted by atomic mass is 79.9. The van der Waals surface area contributed by atoms with Crippen molar-refractivity contribution >= 4 is 31.5 Å². The van der Waals surface area contributed by atoms with E-state index in [9.17, 15) is 13.5 Å². The predicted octanol–water partition coefficient (Wildman–Crippen LogP) is 1.80. The fourth-order valence-electron chi connectivity index (χ4n) is 2.12. The third kappa shape index (κ3) is 3.24. The van der Waals surface area contributed by atoms with Gasteiger partial charge in [-0.15, -0.1) is 0 Å². The van der Waals surface area contributed by atoms with Crippen LogP contribution in [0, 0.1) is 0 Å². The Morgan fingerprint density at radius 2 is 2.00 bits per heavy atom. The zero-order valence-electron chi connectivity index (χ0n) is 9.89. The standard InChI is InChI=1S/C12H16BrNO3S/c13-10-2-1-3-11(8-10)14-12(9-15)4-6-18(16,17)7-5-12/h1-3,8,14-15H,4-7,9H2. The van der Waals surface area contributed by atoms with Crippen LogP contribution in [0.15, 0.2) is 28.7 Å². The lowest BCUT2D eigenvalue weighted by molar-refractivity contribution is 0.200. The molecule has 18 heavy (non-hydrogen) atoms. The van der Waals surface area contributed by atoms with Crippen molar-refractivity contribution in [3.05, 3.63) is 28.7 Å². The van der Waals surface area contributed by atoms with Crippen LogP contribution in [0.3, 0.4) is 0 Å². The summed E-state index contributed by atoms with van der Waals surface area (Å²) in [7, 11) is -2.92. The Hall–Kier alpha value is -0.590. The molecule has 4 nitrogen and oxygen atoms in total. The summed E-state index contributed by atoms with van der Waals surface area (Å²) in [4.78, 5) is 0. The van der Waals surface area contributed by atoms with Crippen LogP contribution >= 0.6 is 15.9 Å². The van der Waals surface area contributed by atoms with Crippen LogP contribution in [0.2, 0.25) is 0 Å². The maximum Gasteiger partial charge on any atom is 0.150 e. The molecule has 1 saturated heterocycles. The van der Waals surface area contributed by atoms with Crippen molar-refractivity contribution in [2.45, 2.75) is 18.4 Å². The highest BCUT2D eigenvalue weighted by Crippen LogP contribution is 2.28. The lowest BCUT2D eigenvalue weighted by atomic mass is 9.93. The van der Waals surface area contributed by atoms with Gasteiger partial charge < -0.3 is 10.4 Å². The van der Waals surface area contributed by atoms with Crippen LogP contribution in [0.5, 0.6) is 0 Å². The van der Waals surface area contributed by atoms with Crippen molar-refractivity contribution < 1.29 is 13.5 Å². The van der Waals surface area contributed by atoms with Crippen molar-refractivity contribution in [3.63, 3.8) is 0 Å². The monoisotopic (exact) mass is 333 g/mol. The second kappa shape index (κ2) is 5.19. The Bertz CT molecular complexity index is 516. The molecule has 0 amide bonds. The van der Waals surface area contributed by atoms with E-state index in [1.54, 1.807) is 0 Å². The average Bonchev–Trinajstić information content (AvgIpc) is 2.33. The molecule has 2 rings (SSSR count). The molecule has 1 aliphatic rings. The molecule has 0 radical (unpaired) electrons. The largest absolute Gasteiger partial charge is 0.394 e. The molecule has 0 bridgehead atoms. The van der Waals surface area contributed by atoms with Gasteiger partial charge in [0.05, 0.1) is 23.7 Å². The van der Waals surface area contributed by atoms with Gasteiger partial charge in [0, 0.05) is 10.2 Å². The normalized spacial score (nSPS) is 21.4. The number of hydrogen-bond acceptors (Lipinski definition) is 4. The van der Waals surface area contributed by atoms with E-state index in [1.807, 2.05) is 24.3 Å². The number of rotatable bonds is 3. The minimum atomic E-state index is -2.92. The molecule has 0 aromatic heterocycles. The molecule has 0 aliphatic carbocycles. The predicted molar refractivity (Wildman–Crippen MR) is 75.5 cm³/mol. The van der Waals surface area contributed by atoms with Gasteiger partial charge >= 0.3 is 0 Å². The molecule has 1 heterocycles. The summed E-state index contributed by atoms with van der Waals surface area (Å²) in [6.07, 6.45) is 0.886. The molecule has 0 saturated carbocycles. The fraction of sp³-hybridized carbons (Fsp3) is 0.500. The zero-order valence-corrected chi connectivity index (χ0v) is 12.3. The van der Waals surface area contributed by atoms with E-state index in [-0.39, 0.29) is 18.1 Å². The van der Waals surface area contributed by atoms with Crippen LogP contribution in [-0.2, 0) is 9.84 Å². The van der Waals surface area contributed by atoms with Gasteiger partial charge in [-0.05, 0) is 31.0 Å². The number of nitrogens with one attached hydrogen (secondary N) is 1. The topological polar surface area (TPSA) is 66.4 Å². The molecule has 0 unspecified atom stereocenters. The molecule has 6 heteroatoms. The smallest absolute Gasteiger partial charge is 0.150 e. The highest BCUT2D eigenvalue weighted by molar-refractivity contribution is 9.10. The summed E-state index contributed by atoms with van der Waals surface area (Å²) < 4.78 is 23.8. The average molecular weight is 334 g/mol. The van der Waals surface area contributed by atoms with E-state index < -0.39 is 15.4 Å². The van der Waals surface area contributed by atoms with E-state index in [1.165, 1.54) is 0 Å². The van der Waals surface area contributed by atoms with E-state index in [0.29, 0.717) is 12.8 Å². The first-order valence-electron chi connectivity index (χ1n) is 5.80. The maximum absolute atomic E-state index is 11.4. The van der Waals surface area contributed by atoms with Crippen molar-refractivity contribution in [3.8, 4) is 0 Å². The quantitative estimate of drug-likeness (QED) is 0.885. The minimum Gasteiger partial charge on any atom is -0.394 e. The summed E-state index contributed by atoms with van der Waals surface area (Å²) in [5.41, 5.74) is 0.365. The first-order chi connectivity index (χ1) is 8.45. The Morgan fingerprint density at radius 1 is 1.33 bits per heavy atom. The van der Waals surface area contributed by atoms with Crippen molar-refractivity contribution in [1.82, 2.24) is 0 Å². The second-order valence-electron chi connectivity index (χ2n) is 4.73. The molecule has 0 atom stereocenters. The number of anilines is 1. The van der Waals surface area contributed by atoms with E-state index in [4.69, 9.17) is 0 Å². The van der Waals surface area contributed by atoms with Crippen LogP contribution in [0.4, 0.5) is 5.69 Å². The molecule has 0 spiro atoms. The number of aliphatic hydroxyl groups excluding tert-OH is 1. The number of halogens is 1.